The first-order valence-electron chi connectivity index (χ1n) is 8.08. The number of benzene rings is 3. The molecule has 1 aliphatic rings. The Bertz CT molecular complexity index is 745. The van der Waals surface area contributed by atoms with Crippen LogP contribution >= 0.6 is 11.3 Å². The highest BCUT2D eigenvalue weighted by Crippen LogP contribution is 2.35. The molecule has 0 aliphatic heterocycles. The van der Waals surface area contributed by atoms with Crippen LogP contribution in [0.25, 0.3) is 11.1 Å². The molecule has 5 rings (SSSR count). The molecule has 0 nitrogen and oxygen atoms in total. The SMILES string of the molecule is c1ccc2c(c1)Cc1ccccc1-2.c1ccccc1.c1ccsc1. The maximum Gasteiger partial charge on any atom is -0.00135 e. The Morgan fingerprint density at radius 3 is 1.25 bits per heavy atom. The number of hydrogen-bond acceptors (Lipinski definition) is 1. The molecule has 0 spiro atoms. The first-order chi connectivity index (χ1) is 11.9. The summed E-state index contributed by atoms with van der Waals surface area (Å²) >= 11 is 1.71. The van der Waals surface area contributed by atoms with Crippen molar-refractivity contribution in [2.75, 3.05) is 0 Å². The zero-order valence-corrected chi connectivity index (χ0v) is 14.3. The van der Waals surface area contributed by atoms with Crippen molar-refractivity contribution in [2.24, 2.45) is 0 Å². The zero-order valence-electron chi connectivity index (χ0n) is 13.5. The molecule has 1 aliphatic carbocycles. The van der Waals surface area contributed by atoms with E-state index in [4.69, 9.17) is 0 Å². The van der Waals surface area contributed by atoms with Crippen LogP contribution in [0.1, 0.15) is 11.1 Å². The number of rotatable bonds is 0. The van der Waals surface area contributed by atoms with Crippen LogP contribution in [0.5, 0.6) is 0 Å². The Hall–Kier alpha value is -2.64. The minimum Gasteiger partial charge on any atom is -0.152 e. The van der Waals surface area contributed by atoms with Crippen molar-refractivity contribution in [3.05, 3.63) is 119 Å². The van der Waals surface area contributed by atoms with Gasteiger partial charge in [-0.15, -0.1) is 0 Å². The van der Waals surface area contributed by atoms with Gasteiger partial charge in [0.05, 0.1) is 0 Å². The lowest BCUT2D eigenvalue weighted by molar-refractivity contribution is 1.26. The van der Waals surface area contributed by atoms with Crippen LogP contribution in [-0.4, -0.2) is 0 Å². The van der Waals surface area contributed by atoms with E-state index in [9.17, 15) is 0 Å². The minimum atomic E-state index is 1.10. The number of thiophene rings is 1. The van der Waals surface area contributed by atoms with E-state index in [1.807, 2.05) is 59.3 Å². The molecule has 0 saturated carbocycles. The second-order valence-corrected chi connectivity index (χ2v) is 6.26. The zero-order chi connectivity index (χ0) is 16.5. The second kappa shape index (κ2) is 8.85. The third-order valence-corrected chi connectivity index (χ3v) is 4.43. The lowest BCUT2D eigenvalue weighted by Gasteiger charge is -1.98. The van der Waals surface area contributed by atoms with E-state index in [-0.39, 0.29) is 0 Å². The van der Waals surface area contributed by atoms with Gasteiger partial charge in [-0.25, -0.2) is 0 Å². The molecule has 1 aromatic heterocycles. The molecular weight excluding hydrogens is 308 g/mol. The molecule has 0 unspecified atom stereocenters. The van der Waals surface area contributed by atoms with Gasteiger partial charge >= 0.3 is 0 Å². The Morgan fingerprint density at radius 2 is 0.875 bits per heavy atom. The van der Waals surface area contributed by atoms with Gasteiger partial charge in [0.15, 0.2) is 0 Å². The number of fused-ring (bicyclic) bond motifs is 3. The summed E-state index contributed by atoms with van der Waals surface area (Å²) in [6.45, 7) is 0. The van der Waals surface area contributed by atoms with Crippen molar-refractivity contribution in [2.45, 2.75) is 6.42 Å². The Kier molecular flexibility index (Phi) is 5.99. The van der Waals surface area contributed by atoms with Crippen LogP contribution in [0.2, 0.25) is 0 Å². The van der Waals surface area contributed by atoms with Gasteiger partial charge in [0.25, 0.3) is 0 Å². The Labute approximate surface area is 148 Å². The molecular formula is C23H20S. The van der Waals surface area contributed by atoms with Crippen LogP contribution in [0, 0.1) is 0 Å². The fraction of sp³-hybridized carbons (Fsp3) is 0.0435. The first-order valence-corrected chi connectivity index (χ1v) is 9.03. The fourth-order valence-corrected chi connectivity index (χ4v) is 3.14. The third kappa shape index (κ3) is 4.43. The van der Waals surface area contributed by atoms with E-state index in [0.717, 1.165) is 6.42 Å². The van der Waals surface area contributed by atoms with Crippen LogP contribution in [0.4, 0.5) is 0 Å². The summed E-state index contributed by atoms with van der Waals surface area (Å²) in [5.74, 6) is 0. The molecule has 3 aromatic carbocycles. The van der Waals surface area contributed by atoms with Crippen molar-refractivity contribution in [1.29, 1.82) is 0 Å². The molecule has 0 saturated heterocycles. The molecule has 0 atom stereocenters. The van der Waals surface area contributed by atoms with Gasteiger partial charge in [-0.2, -0.15) is 11.3 Å². The van der Waals surface area contributed by atoms with Gasteiger partial charge in [-0.1, -0.05) is 97.1 Å². The van der Waals surface area contributed by atoms with Crippen molar-refractivity contribution >= 4 is 11.3 Å². The highest BCUT2D eigenvalue weighted by atomic mass is 32.1. The third-order valence-electron chi connectivity index (χ3n) is 3.80. The normalized spacial score (nSPS) is 10.3. The minimum absolute atomic E-state index is 1.10. The average Bonchev–Trinajstić information content (AvgIpc) is 3.35. The molecule has 0 bridgehead atoms. The Balaban J connectivity index is 0.000000127. The highest BCUT2D eigenvalue weighted by Gasteiger charge is 2.15. The summed E-state index contributed by atoms with van der Waals surface area (Å²) in [5.41, 5.74) is 5.75. The largest absolute Gasteiger partial charge is 0.152 e. The van der Waals surface area contributed by atoms with E-state index < -0.39 is 0 Å². The molecule has 0 fully saturated rings. The summed E-state index contributed by atoms with van der Waals surface area (Å²) in [5, 5.41) is 4.08. The topological polar surface area (TPSA) is 0 Å². The van der Waals surface area contributed by atoms with E-state index in [2.05, 4.69) is 48.5 Å². The summed E-state index contributed by atoms with van der Waals surface area (Å²) in [7, 11) is 0. The molecule has 0 amide bonds. The molecule has 4 aromatic rings. The highest BCUT2D eigenvalue weighted by molar-refractivity contribution is 7.07. The maximum absolute atomic E-state index is 2.22. The number of hydrogen-bond donors (Lipinski definition) is 0. The van der Waals surface area contributed by atoms with E-state index in [1.165, 1.54) is 22.3 Å². The van der Waals surface area contributed by atoms with Crippen LogP contribution in [-0.2, 0) is 6.42 Å². The Morgan fingerprint density at radius 1 is 0.458 bits per heavy atom. The quantitative estimate of drug-likeness (QED) is 0.297. The van der Waals surface area contributed by atoms with Crippen LogP contribution in [0.15, 0.2) is 108 Å². The van der Waals surface area contributed by atoms with Gasteiger partial charge in [-0.05, 0) is 39.4 Å². The molecule has 24 heavy (non-hydrogen) atoms. The van der Waals surface area contributed by atoms with Gasteiger partial charge in [0, 0.05) is 0 Å². The lowest BCUT2D eigenvalue weighted by atomic mass is 10.1. The predicted molar refractivity (Wildman–Crippen MR) is 105 cm³/mol. The van der Waals surface area contributed by atoms with Gasteiger partial charge in [-0.3, -0.25) is 0 Å². The molecule has 1 heteroatoms. The van der Waals surface area contributed by atoms with Crippen molar-refractivity contribution < 1.29 is 0 Å². The van der Waals surface area contributed by atoms with E-state index >= 15 is 0 Å². The average molecular weight is 328 g/mol. The van der Waals surface area contributed by atoms with E-state index in [1.54, 1.807) is 11.3 Å². The first kappa shape index (κ1) is 16.2. The summed E-state index contributed by atoms with van der Waals surface area (Å²) in [6.07, 6.45) is 1.10. The van der Waals surface area contributed by atoms with Crippen molar-refractivity contribution in [1.82, 2.24) is 0 Å². The molecule has 118 valence electrons. The lowest BCUT2D eigenvalue weighted by Crippen LogP contribution is -1.77. The van der Waals surface area contributed by atoms with Crippen LogP contribution in [0.3, 0.4) is 0 Å². The smallest absolute Gasteiger partial charge is 0.00135 e. The molecule has 0 radical (unpaired) electrons. The summed E-state index contributed by atoms with van der Waals surface area (Å²) in [6, 6.07) is 33.3. The monoisotopic (exact) mass is 328 g/mol. The predicted octanol–water partition coefficient (Wildman–Crippen LogP) is 6.69. The van der Waals surface area contributed by atoms with Crippen molar-refractivity contribution in [3.63, 3.8) is 0 Å². The van der Waals surface area contributed by atoms with E-state index in [0.29, 0.717) is 0 Å². The fourth-order valence-electron chi connectivity index (χ4n) is 2.69. The van der Waals surface area contributed by atoms with Gasteiger partial charge in [0.1, 0.15) is 0 Å². The molecule has 1 heterocycles. The maximum atomic E-state index is 2.22. The summed E-state index contributed by atoms with van der Waals surface area (Å²) < 4.78 is 0. The second-order valence-electron chi connectivity index (χ2n) is 5.44. The summed E-state index contributed by atoms with van der Waals surface area (Å²) in [4.78, 5) is 0. The van der Waals surface area contributed by atoms with Crippen molar-refractivity contribution in [3.8, 4) is 11.1 Å². The van der Waals surface area contributed by atoms with Gasteiger partial charge in [0.2, 0.25) is 0 Å². The standard InChI is InChI=1S/C13H10.C6H6.C4H4S/c1-3-7-12-10(5-1)9-11-6-2-4-8-13(11)12;1-2-4-6-5-3-1;1-2-4-5-3-1/h1-8H,9H2;1-6H;1-4H. The van der Waals surface area contributed by atoms with Gasteiger partial charge < -0.3 is 0 Å². The molecule has 0 N–H and O–H groups in total. The van der Waals surface area contributed by atoms with Crippen LogP contribution < -0.4 is 0 Å².